The highest BCUT2D eigenvalue weighted by atomic mass is 16.5. The van der Waals surface area contributed by atoms with E-state index in [0.29, 0.717) is 12.1 Å². The summed E-state index contributed by atoms with van der Waals surface area (Å²) in [4.78, 5) is 21.4. The fourth-order valence-electron chi connectivity index (χ4n) is 3.61. The number of esters is 1. The zero-order chi connectivity index (χ0) is 20.4. The Morgan fingerprint density at radius 1 is 1.07 bits per heavy atom. The van der Waals surface area contributed by atoms with Crippen LogP contribution in [0, 0.1) is 6.92 Å². The molecule has 29 heavy (non-hydrogen) atoms. The van der Waals surface area contributed by atoms with Crippen LogP contribution in [-0.4, -0.2) is 27.6 Å². The quantitative estimate of drug-likeness (QED) is 0.463. The number of rotatable bonds is 5. The van der Waals surface area contributed by atoms with Crippen molar-refractivity contribution in [1.82, 2.24) is 14.5 Å². The number of benzene rings is 2. The van der Waals surface area contributed by atoms with Gasteiger partial charge in [-0.3, -0.25) is 0 Å². The van der Waals surface area contributed by atoms with E-state index in [4.69, 9.17) is 9.72 Å². The van der Waals surface area contributed by atoms with Crippen molar-refractivity contribution in [3.63, 3.8) is 0 Å². The summed E-state index contributed by atoms with van der Waals surface area (Å²) in [7, 11) is 1.40. The van der Waals surface area contributed by atoms with E-state index in [1.54, 1.807) is 6.07 Å². The molecule has 0 radical (unpaired) electrons. The van der Waals surface area contributed by atoms with Crippen LogP contribution in [0.2, 0.25) is 0 Å². The largest absolute Gasteiger partial charge is 0.465 e. The van der Waals surface area contributed by atoms with Gasteiger partial charge in [-0.2, -0.15) is 0 Å². The predicted octanol–water partition coefficient (Wildman–Crippen LogP) is 4.80. The monoisotopic (exact) mass is 385 g/mol. The molecule has 0 atom stereocenters. The third kappa shape index (κ3) is 3.51. The van der Waals surface area contributed by atoms with Crippen molar-refractivity contribution >= 4 is 17.1 Å². The number of ether oxygens (including phenoxy) is 1. The number of fused-ring (bicyclic) bond motifs is 1. The first-order valence-electron chi connectivity index (χ1n) is 9.69. The maximum Gasteiger partial charge on any atom is 0.338 e. The van der Waals surface area contributed by atoms with Crippen molar-refractivity contribution in [2.24, 2.45) is 0 Å². The number of carbonyl (C=O) groups is 1. The molecule has 146 valence electrons. The normalized spacial score (nSPS) is 11.0. The SMILES string of the molecule is CCc1nc2c(C)ccnc2n1Cc1ccc(-c2ccccc2C(=O)OC)cc1. The molecule has 0 saturated heterocycles. The molecular formula is C24H23N3O2. The summed E-state index contributed by atoms with van der Waals surface area (Å²) in [5, 5.41) is 0. The number of nitrogens with zero attached hydrogens (tertiary/aromatic N) is 3. The molecule has 2 aromatic heterocycles. The van der Waals surface area contributed by atoms with E-state index >= 15 is 0 Å². The predicted molar refractivity (Wildman–Crippen MR) is 114 cm³/mol. The maximum atomic E-state index is 12.1. The molecule has 5 nitrogen and oxygen atoms in total. The van der Waals surface area contributed by atoms with E-state index in [9.17, 15) is 4.79 Å². The van der Waals surface area contributed by atoms with Gasteiger partial charge < -0.3 is 9.30 Å². The zero-order valence-corrected chi connectivity index (χ0v) is 16.8. The van der Waals surface area contributed by atoms with Crippen LogP contribution in [0.25, 0.3) is 22.3 Å². The molecule has 0 fully saturated rings. The molecule has 0 aliphatic carbocycles. The number of pyridine rings is 1. The van der Waals surface area contributed by atoms with Gasteiger partial charge in [-0.15, -0.1) is 0 Å². The standard InChI is InChI=1S/C24H23N3O2/c1-4-21-26-22-16(2)13-14-25-23(22)27(21)15-17-9-11-18(12-10-17)19-7-5-6-8-20(19)24(28)29-3/h5-14H,4,15H2,1-3H3. The Kier molecular flexibility index (Phi) is 5.12. The van der Waals surface area contributed by atoms with Gasteiger partial charge in [-0.05, 0) is 41.3 Å². The Bertz CT molecular complexity index is 1180. The lowest BCUT2D eigenvalue weighted by atomic mass is 9.98. The molecule has 0 unspecified atom stereocenters. The summed E-state index contributed by atoms with van der Waals surface area (Å²) in [5.74, 6) is 0.700. The molecule has 4 aromatic rings. The Labute approximate surface area is 170 Å². The van der Waals surface area contributed by atoms with Gasteiger partial charge in [-0.25, -0.2) is 14.8 Å². The molecule has 0 aliphatic rings. The number of carbonyl (C=O) groups excluding carboxylic acids is 1. The number of methoxy groups -OCH3 is 1. The molecule has 0 spiro atoms. The minimum absolute atomic E-state index is 0.330. The third-order valence-corrected chi connectivity index (χ3v) is 5.17. The second-order valence-corrected chi connectivity index (χ2v) is 7.00. The highest BCUT2D eigenvalue weighted by Crippen LogP contribution is 2.26. The maximum absolute atomic E-state index is 12.1. The first kappa shape index (κ1) is 18.9. The molecule has 0 N–H and O–H groups in total. The molecule has 5 heteroatoms. The number of hydrogen-bond donors (Lipinski definition) is 0. The van der Waals surface area contributed by atoms with E-state index in [0.717, 1.165) is 45.7 Å². The fraction of sp³-hybridized carbons (Fsp3) is 0.208. The molecule has 0 amide bonds. The van der Waals surface area contributed by atoms with Crippen LogP contribution >= 0.6 is 0 Å². The summed E-state index contributed by atoms with van der Waals surface area (Å²) < 4.78 is 7.09. The second kappa shape index (κ2) is 7.87. The molecule has 4 rings (SSSR count). The summed E-state index contributed by atoms with van der Waals surface area (Å²) in [6.07, 6.45) is 2.68. The van der Waals surface area contributed by atoms with Gasteiger partial charge in [0.1, 0.15) is 11.3 Å². The van der Waals surface area contributed by atoms with Crippen molar-refractivity contribution in [1.29, 1.82) is 0 Å². The van der Waals surface area contributed by atoms with Crippen molar-refractivity contribution in [3.05, 3.63) is 83.3 Å². The average molecular weight is 385 g/mol. The third-order valence-electron chi connectivity index (χ3n) is 5.17. The number of aromatic nitrogens is 3. The molecular weight excluding hydrogens is 362 g/mol. The second-order valence-electron chi connectivity index (χ2n) is 7.00. The smallest absolute Gasteiger partial charge is 0.338 e. The summed E-state index contributed by atoms with van der Waals surface area (Å²) >= 11 is 0. The minimum Gasteiger partial charge on any atom is -0.465 e. The van der Waals surface area contributed by atoms with Crippen molar-refractivity contribution in [2.75, 3.05) is 7.11 Å². The lowest BCUT2D eigenvalue weighted by Crippen LogP contribution is -2.05. The fourth-order valence-corrected chi connectivity index (χ4v) is 3.61. The zero-order valence-electron chi connectivity index (χ0n) is 16.8. The number of aryl methyl sites for hydroxylation is 2. The van der Waals surface area contributed by atoms with Gasteiger partial charge in [0.25, 0.3) is 0 Å². The van der Waals surface area contributed by atoms with E-state index < -0.39 is 0 Å². The van der Waals surface area contributed by atoms with Gasteiger partial charge in [0, 0.05) is 12.6 Å². The van der Waals surface area contributed by atoms with E-state index in [-0.39, 0.29) is 5.97 Å². The summed E-state index contributed by atoms with van der Waals surface area (Å²) in [5.41, 5.74) is 6.59. The van der Waals surface area contributed by atoms with Crippen molar-refractivity contribution < 1.29 is 9.53 Å². The Balaban J connectivity index is 1.68. The Morgan fingerprint density at radius 2 is 1.83 bits per heavy atom. The van der Waals surface area contributed by atoms with E-state index in [2.05, 4.69) is 35.5 Å². The Morgan fingerprint density at radius 3 is 2.55 bits per heavy atom. The number of imidazole rings is 1. The van der Waals surface area contributed by atoms with Gasteiger partial charge in [0.15, 0.2) is 5.65 Å². The highest BCUT2D eigenvalue weighted by molar-refractivity contribution is 5.97. The van der Waals surface area contributed by atoms with Gasteiger partial charge in [0.2, 0.25) is 0 Å². The lowest BCUT2D eigenvalue weighted by Gasteiger charge is -2.11. The number of hydrogen-bond acceptors (Lipinski definition) is 4. The molecule has 0 bridgehead atoms. The topological polar surface area (TPSA) is 57.0 Å². The summed E-state index contributed by atoms with van der Waals surface area (Å²) in [6.45, 7) is 4.88. The van der Waals surface area contributed by atoms with Crippen LogP contribution in [0.4, 0.5) is 0 Å². The van der Waals surface area contributed by atoms with Crippen LogP contribution in [0.5, 0.6) is 0 Å². The summed E-state index contributed by atoms with van der Waals surface area (Å²) in [6, 6.07) is 17.7. The van der Waals surface area contributed by atoms with Crippen LogP contribution in [0.3, 0.4) is 0 Å². The first-order chi connectivity index (χ1) is 14.1. The van der Waals surface area contributed by atoms with Gasteiger partial charge in [-0.1, -0.05) is 49.4 Å². The van der Waals surface area contributed by atoms with E-state index in [1.165, 1.54) is 7.11 Å². The van der Waals surface area contributed by atoms with Crippen LogP contribution < -0.4 is 0 Å². The molecule has 0 saturated carbocycles. The van der Waals surface area contributed by atoms with Crippen molar-refractivity contribution in [3.8, 4) is 11.1 Å². The lowest BCUT2D eigenvalue weighted by molar-refractivity contribution is 0.0601. The molecule has 0 aliphatic heterocycles. The highest BCUT2D eigenvalue weighted by Gasteiger charge is 2.14. The van der Waals surface area contributed by atoms with Gasteiger partial charge in [0.05, 0.1) is 19.2 Å². The molecule has 2 aromatic carbocycles. The average Bonchev–Trinajstić information content (AvgIpc) is 3.12. The van der Waals surface area contributed by atoms with Crippen molar-refractivity contribution in [2.45, 2.75) is 26.8 Å². The van der Waals surface area contributed by atoms with E-state index in [1.807, 2.05) is 42.6 Å². The first-order valence-corrected chi connectivity index (χ1v) is 9.69. The molecule has 2 heterocycles. The van der Waals surface area contributed by atoms with Gasteiger partial charge >= 0.3 is 5.97 Å². The minimum atomic E-state index is -0.330. The Hall–Kier alpha value is -3.47. The van der Waals surface area contributed by atoms with Crippen LogP contribution in [-0.2, 0) is 17.7 Å². The van der Waals surface area contributed by atoms with Crippen LogP contribution in [0.1, 0.15) is 34.2 Å². The van der Waals surface area contributed by atoms with Crippen LogP contribution in [0.15, 0.2) is 60.8 Å².